The third kappa shape index (κ3) is 3.17. The maximum atomic E-state index is 12.0. The molecule has 0 spiro atoms. The third-order valence-corrected chi connectivity index (χ3v) is 4.03. The fourth-order valence-electron chi connectivity index (χ4n) is 1.42. The number of carbonyl (C=O) groups is 1. The number of carboxylic acid groups (broad SMARTS) is 1. The molecule has 0 fully saturated rings. The van der Waals surface area contributed by atoms with Crippen molar-refractivity contribution in [1.82, 2.24) is 0 Å². The molecule has 1 aromatic rings. The van der Waals surface area contributed by atoms with Gasteiger partial charge in [-0.1, -0.05) is 31.0 Å². The molecule has 88 valence electrons. The minimum atomic E-state index is -1.46. The molecule has 2 atom stereocenters. The molecule has 0 radical (unpaired) electrons. The largest absolute Gasteiger partial charge is 0.480 e. The van der Waals surface area contributed by atoms with Crippen molar-refractivity contribution in [1.29, 1.82) is 0 Å². The Bertz CT molecular complexity index is 384. The van der Waals surface area contributed by atoms with E-state index in [0.717, 1.165) is 5.56 Å². The Morgan fingerprint density at radius 1 is 1.38 bits per heavy atom. The highest BCUT2D eigenvalue weighted by Gasteiger charge is 2.24. The quantitative estimate of drug-likeness (QED) is 0.859. The summed E-state index contributed by atoms with van der Waals surface area (Å²) in [7, 11) is -1.46. The molecule has 0 saturated carbocycles. The lowest BCUT2D eigenvalue weighted by Gasteiger charge is -2.11. The number of hydrogen-bond donors (Lipinski definition) is 1. The van der Waals surface area contributed by atoms with Crippen molar-refractivity contribution in [2.45, 2.75) is 36.8 Å². The molecule has 0 aromatic heterocycles. The molecule has 0 aliphatic carbocycles. The summed E-state index contributed by atoms with van der Waals surface area (Å²) in [6.07, 6.45) is 1.16. The Kier molecular flexibility index (Phi) is 4.68. The topological polar surface area (TPSA) is 54.4 Å². The molecule has 2 unspecified atom stereocenters. The van der Waals surface area contributed by atoms with Crippen LogP contribution < -0.4 is 0 Å². The van der Waals surface area contributed by atoms with Gasteiger partial charge in [0.05, 0.1) is 10.8 Å². The Hall–Kier alpha value is -1.16. The monoisotopic (exact) mass is 240 g/mol. The molecule has 0 aliphatic heterocycles. The summed E-state index contributed by atoms with van der Waals surface area (Å²) in [6.45, 7) is 3.83. The van der Waals surface area contributed by atoms with Crippen LogP contribution in [0.25, 0.3) is 0 Å². The number of aryl methyl sites for hydroxylation is 1. The second kappa shape index (κ2) is 5.80. The zero-order chi connectivity index (χ0) is 12.1. The van der Waals surface area contributed by atoms with Crippen LogP contribution in [0.3, 0.4) is 0 Å². The summed E-state index contributed by atoms with van der Waals surface area (Å²) in [5.41, 5.74) is 1.07. The van der Waals surface area contributed by atoms with Crippen LogP contribution in [0.5, 0.6) is 0 Å². The number of carboxylic acids is 1. The Labute approximate surface area is 98.0 Å². The third-order valence-electron chi connectivity index (χ3n) is 2.34. The summed E-state index contributed by atoms with van der Waals surface area (Å²) >= 11 is 0. The predicted molar refractivity (Wildman–Crippen MR) is 63.9 cm³/mol. The zero-order valence-electron chi connectivity index (χ0n) is 9.47. The Balaban J connectivity index is 2.90. The van der Waals surface area contributed by atoms with Crippen LogP contribution in [0.15, 0.2) is 29.2 Å². The average molecular weight is 240 g/mol. The first-order chi connectivity index (χ1) is 7.56. The highest BCUT2D eigenvalue weighted by atomic mass is 32.2. The molecule has 0 bridgehead atoms. The van der Waals surface area contributed by atoms with E-state index in [0.29, 0.717) is 17.7 Å². The van der Waals surface area contributed by atoms with Gasteiger partial charge in [0.15, 0.2) is 0 Å². The smallest absolute Gasteiger partial charge is 0.319 e. The summed E-state index contributed by atoms with van der Waals surface area (Å²) in [5.74, 6) is -0.985. The highest BCUT2D eigenvalue weighted by molar-refractivity contribution is 7.86. The molecule has 1 aromatic carbocycles. The van der Waals surface area contributed by atoms with Gasteiger partial charge in [0.1, 0.15) is 5.25 Å². The fourth-order valence-corrected chi connectivity index (χ4v) is 2.79. The van der Waals surface area contributed by atoms with Gasteiger partial charge >= 0.3 is 5.97 Å². The van der Waals surface area contributed by atoms with E-state index in [-0.39, 0.29) is 0 Å². The first-order valence-corrected chi connectivity index (χ1v) is 6.47. The SMILES string of the molecule is CCCC(C(=O)O)S(=O)c1ccc(C)cc1. The summed E-state index contributed by atoms with van der Waals surface area (Å²) in [6, 6.07) is 7.16. The maximum Gasteiger partial charge on any atom is 0.319 e. The second-order valence-corrected chi connectivity index (χ2v) is 5.36. The van der Waals surface area contributed by atoms with Crippen LogP contribution >= 0.6 is 0 Å². The number of benzene rings is 1. The maximum absolute atomic E-state index is 12.0. The van der Waals surface area contributed by atoms with Crippen molar-refractivity contribution < 1.29 is 14.1 Å². The molecule has 0 heterocycles. The minimum Gasteiger partial charge on any atom is -0.480 e. The van der Waals surface area contributed by atoms with Crippen LogP contribution in [0.4, 0.5) is 0 Å². The molecule has 0 amide bonds. The molecule has 4 heteroatoms. The van der Waals surface area contributed by atoms with E-state index in [4.69, 9.17) is 5.11 Å². The molecule has 1 rings (SSSR count). The Morgan fingerprint density at radius 2 is 1.94 bits per heavy atom. The molecule has 0 aliphatic rings. The summed E-state index contributed by atoms with van der Waals surface area (Å²) in [4.78, 5) is 11.6. The van der Waals surface area contributed by atoms with Crippen LogP contribution in [0.2, 0.25) is 0 Å². The molecular formula is C12H16O3S. The summed E-state index contributed by atoms with van der Waals surface area (Å²) in [5, 5.41) is 8.20. The van der Waals surface area contributed by atoms with Crippen molar-refractivity contribution in [2.75, 3.05) is 0 Å². The van der Waals surface area contributed by atoms with Gasteiger partial charge in [0, 0.05) is 4.90 Å². The van der Waals surface area contributed by atoms with Crippen LogP contribution in [0.1, 0.15) is 25.3 Å². The molecular weight excluding hydrogens is 224 g/mol. The van der Waals surface area contributed by atoms with Gasteiger partial charge in [-0.3, -0.25) is 9.00 Å². The van der Waals surface area contributed by atoms with Crippen LogP contribution in [-0.2, 0) is 15.6 Å². The Morgan fingerprint density at radius 3 is 2.38 bits per heavy atom. The second-order valence-electron chi connectivity index (χ2n) is 3.73. The number of aliphatic carboxylic acids is 1. The van der Waals surface area contributed by atoms with Crippen molar-refractivity contribution >= 4 is 16.8 Å². The highest BCUT2D eigenvalue weighted by Crippen LogP contribution is 2.16. The van der Waals surface area contributed by atoms with Gasteiger partial charge in [-0.05, 0) is 25.5 Å². The van der Waals surface area contributed by atoms with Crippen LogP contribution in [0, 0.1) is 6.92 Å². The minimum absolute atomic E-state index is 0.440. The first-order valence-electron chi connectivity index (χ1n) is 5.26. The fraction of sp³-hybridized carbons (Fsp3) is 0.417. The average Bonchev–Trinajstić information content (AvgIpc) is 2.25. The van der Waals surface area contributed by atoms with Gasteiger partial charge in [-0.2, -0.15) is 0 Å². The van der Waals surface area contributed by atoms with Crippen molar-refractivity contribution in [2.24, 2.45) is 0 Å². The van der Waals surface area contributed by atoms with E-state index in [1.165, 1.54) is 0 Å². The van der Waals surface area contributed by atoms with E-state index in [9.17, 15) is 9.00 Å². The lowest BCUT2D eigenvalue weighted by molar-refractivity contribution is -0.136. The van der Waals surface area contributed by atoms with Gasteiger partial charge in [-0.15, -0.1) is 0 Å². The van der Waals surface area contributed by atoms with Gasteiger partial charge < -0.3 is 5.11 Å². The zero-order valence-corrected chi connectivity index (χ0v) is 10.3. The number of rotatable bonds is 5. The summed E-state index contributed by atoms with van der Waals surface area (Å²) < 4.78 is 12.0. The molecule has 0 saturated heterocycles. The van der Waals surface area contributed by atoms with Crippen molar-refractivity contribution in [3.63, 3.8) is 0 Å². The lowest BCUT2D eigenvalue weighted by Crippen LogP contribution is -2.25. The van der Waals surface area contributed by atoms with E-state index in [1.54, 1.807) is 12.1 Å². The normalized spacial score (nSPS) is 14.4. The molecule has 3 nitrogen and oxygen atoms in total. The van der Waals surface area contributed by atoms with E-state index in [2.05, 4.69) is 0 Å². The standard InChI is InChI=1S/C12H16O3S/c1-3-4-11(12(13)14)16(15)10-7-5-9(2)6-8-10/h5-8,11H,3-4H2,1-2H3,(H,13,14). The van der Waals surface area contributed by atoms with Crippen molar-refractivity contribution in [3.8, 4) is 0 Å². The van der Waals surface area contributed by atoms with E-state index >= 15 is 0 Å². The molecule has 1 N–H and O–H groups in total. The van der Waals surface area contributed by atoms with E-state index < -0.39 is 22.0 Å². The molecule has 16 heavy (non-hydrogen) atoms. The first kappa shape index (κ1) is 12.9. The van der Waals surface area contributed by atoms with Crippen LogP contribution in [-0.4, -0.2) is 20.5 Å². The van der Waals surface area contributed by atoms with Gasteiger partial charge in [0.2, 0.25) is 0 Å². The van der Waals surface area contributed by atoms with E-state index in [1.807, 2.05) is 26.0 Å². The lowest BCUT2D eigenvalue weighted by atomic mass is 10.2. The van der Waals surface area contributed by atoms with Gasteiger partial charge in [0.25, 0.3) is 0 Å². The van der Waals surface area contributed by atoms with Gasteiger partial charge in [-0.25, -0.2) is 0 Å². The number of hydrogen-bond acceptors (Lipinski definition) is 2. The van der Waals surface area contributed by atoms with Crippen molar-refractivity contribution in [3.05, 3.63) is 29.8 Å². The predicted octanol–water partition coefficient (Wildman–Crippen LogP) is 2.36.